The number of rotatable bonds is 6. The first kappa shape index (κ1) is 17.8. The first-order valence-electron chi connectivity index (χ1n) is 8.99. The van der Waals surface area contributed by atoms with E-state index in [9.17, 15) is 4.39 Å². The van der Waals surface area contributed by atoms with Crippen LogP contribution in [-0.4, -0.2) is 27.3 Å². The lowest BCUT2D eigenvalue weighted by molar-refractivity contribution is 0.411. The van der Waals surface area contributed by atoms with Crippen molar-refractivity contribution in [3.8, 4) is 17.3 Å². The molecule has 0 amide bonds. The molecule has 3 N–H and O–H groups in total. The lowest BCUT2D eigenvalue weighted by atomic mass is 10.1. The van der Waals surface area contributed by atoms with Crippen molar-refractivity contribution in [1.82, 2.24) is 20.2 Å². The number of nitrogens with one attached hydrogen (secondary N) is 3. The van der Waals surface area contributed by atoms with Gasteiger partial charge in [0.2, 0.25) is 0 Å². The maximum absolute atomic E-state index is 14.5. The largest absolute Gasteiger partial charge is 0.497 e. The summed E-state index contributed by atoms with van der Waals surface area (Å²) in [5.74, 6) is 1.38. The summed E-state index contributed by atoms with van der Waals surface area (Å²) in [7, 11) is 1.51. The maximum atomic E-state index is 14.5. The van der Waals surface area contributed by atoms with Crippen LogP contribution in [0.25, 0.3) is 28.2 Å². The molecule has 0 aliphatic heterocycles. The number of ether oxygens (including phenoxy) is 1. The van der Waals surface area contributed by atoms with E-state index >= 15 is 0 Å². The Balaban J connectivity index is 1.61. The van der Waals surface area contributed by atoms with Crippen LogP contribution < -0.4 is 10.1 Å². The number of para-hydroxylation sites is 2. The predicted molar refractivity (Wildman–Crippen MR) is 109 cm³/mol. The molecule has 0 radical (unpaired) electrons. The molecule has 2 heterocycles. The van der Waals surface area contributed by atoms with E-state index in [1.165, 1.54) is 13.2 Å². The molecule has 142 valence electrons. The predicted octanol–water partition coefficient (Wildman–Crippen LogP) is 4.96. The van der Waals surface area contributed by atoms with E-state index in [4.69, 9.17) is 4.74 Å². The van der Waals surface area contributed by atoms with Crippen molar-refractivity contribution in [2.75, 3.05) is 12.4 Å². The van der Waals surface area contributed by atoms with Crippen molar-refractivity contribution >= 4 is 22.5 Å². The average Bonchev–Trinajstić information content (AvgIpc) is 3.34. The third kappa shape index (κ3) is 3.46. The van der Waals surface area contributed by atoms with Crippen LogP contribution in [0.5, 0.6) is 5.75 Å². The second-order valence-corrected chi connectivity index (χ2v) is 6.27. The highest BCUT2D eigenvalue weighted by atomic mass is 19.1. The number of H-pyrrole nitrogens is 2. The number of nitrogens with zero attached hydrogens (tertiary/aromatic N) is 2. The van der Waals surface area contributed by atoms with Gasteiger partial charge >= 0.3 is 0 Å². The Hall–Kier alpha value is -3.61. The Morgan fingerprint density at radius 1 is 1.21 bits per heavy atom. The van der Waals surface area contributed by atoms with E-state index in [2.05, 4.69) is 25.5 Å². The van der Waals surface area contributed by atoms with E-state index in [0.717, 1.165) is 23.1 Å². The number of aromatic nitrogens is 4. The van der Waals surface area contributed by atoms with Gasteiger partial charge in [-0.25, -0.2) is 9.37 Å². The fourth-order valence-corrected chi connectivity index (χ4v) is 3.00. The zero-order chi connectivity index (χ0) is 19.5. The van der Waals surface area contributed by atoms with Crippen LogP contribution in [0, 0.1) is 5.82 Å². The van der Waals surface area contributed by atoms with E-state index < -0.39 is 0 Å². The minimum Gasteiger partial charge on any atom is -0.497 e. The average molecular weight is 377 g/mol. The summed E-state index contributed by atoms with van der Waals surface area (Å²) in [6.45, 7) is 1.99. The van der Waals surface area contributed by atoms with E-state index in [1.807, 2.05) is 43.3 Å². The number of imidazole rings is 1. The van der Waals surface area contributed by atoms with Crippen molar-refractivity contribution in [1.29, 1.82) is 0 Å². The molecule has 0 fully saturated rings. The van der Waals surface area contributed by atoms with Crippen LogP contribution in [-0.2, 0) is 0 Å². The zero-order valence-corrected chi connectivity index (χ0v) is 15.6. The van der Waals surface area contributed by atoms with Gasteiger partial charge in [-0.05, 0) is 30.7 Å². The number of hydrogen-bond acceptors (Lipinski definition) is 4. The van der Waals surface area contributed by atoms with Crippen LogP contribution >= 0.6 is 0 Å². The summed E-state index contributed by atoms with van der Waals surface area (Å²) >= 11 is 0. The molecule has 0 atom stereocenters. The first-order valence-corrected chi connectivity index (χ1v) is 8.99. The number of allylic oxidation sites excluding steroid dienone is 1. The van der Waals surface area contributed by atoms with Gasteiger partial charge in [-0.1, -0.05) is 25.1 Å². The number of methoxy groups -OCH3 is 1. The van der Waals surface area contributed by atoms with Gasteiger partial charge in [-0.3, -0.25) is 5.10 Å². The molecule has 0 bridgehead atoms. The highest BCUT2D eigenvalue weighted by Gasteiger charge is 2.13. The zero-order valence-electron chi connectivity index (χ0n) is 15.6. The van der Waals surface area contributed by atoms with Crippen LogP contribution in [0.2, 0.25) is 0 Å². The van der Waals surface area contributed by atoms with E-state index in [-0.39, 0.29) is 5.82 Å². The number of halogens is 1. The van der Waals surface area contributed by atoms with Gasteiger partial charge < -0.3 is 15.0 Å². The van der Waals surface area contributed by atoms with Crippen LogP contribution in [0.3, 0.4) is 0 Å². The molecule has 0 saturated heterocycles. The van der Waals surface area contributed by atoms with Gasteiger partial charge in [-0.15, -0.1) is 0 Å². The maximum Gasteiger partial charge on any atom is 0.156 e. The minimum absolute atomic E-state index is 0.361. The highest BCUT2D eigenvalue weighted by Crippen LogP contribution is 2.26. The fourth-order valence-electron chi connectivity index (χ4n) is 3.00. The Morgan fingerprint density at radius 3 is 2.82 bits per heavy atom. The van der Waals surface area contributed by atoms with Gasteiger partial charge in [0.25, 0.3) is 0 Å². The number of hydrogen-bond donors (Lipinski definition) is 3. The summed E-state index contributed by atoms with van der Waals surface area (Å²) in [6.07, 6.45) is 2.66. The van der Waals surface area contributed by atoms with Crippen molar-refractivity contribution in [3.05, 3.63) is 66.0 Å². The molecule has 2 aromatic carbocycles. The fraction of sp³-hybridized carbons (Fsp3) is 0.143. The van der Waals surface area contributed by atoms with Crippen LogP contribution in [0.4, 0.5) is 10.2 Å². The van der Waals surface area contributed by atoms with Crippen molar-refractivity contribution in [2.45, 2.75) is 13.3 Å². The Bertz CT molecular complexity index is 1110. The number of benzene rings is 2. The monoisotopic (exact) mass is 377 g/mol. The van der Waals surface area contributed by atoms with Crippen LogP contribution in [0.15, 0.2) is 54.6 Å². The summed E-state index contributed by atoms with van der Waals surface area (Å²) in [5.41, 5.74) is 3.67. The minimum atomic E-state index is -0.361. The summed E-state index contributed by atoms with van der Waals surface area (Å²) in [6, 6.07) is 14.4. The molecule has 0 aliphatic rings. The van der Waals surface area contributed by atoms with Gasteiger partial charge in [0.15, 0.2) is 11.6 Å². The first-order chi connectivity index (χ1) is 13.7. The summed E-state index contributed by atoms with van der Waals surface area (Å²) < 4.78 is 19.6. The topological polar surface area (TPSA) is 78.6 Å². The molecule has 4 aromatic rings. The van der Waals surface area contributed by atoms with Crippen LogP contribution in [0.1, 0.15) is 18.9 Å². The van der Waals surface area contributed by atoms with Gasteiger partial charge in [0.1, 0.15) is 17.3 Å². The molecule has 2 aromatic heterocycles. The molecule has 4 rings (SSSR count). The van der Waals surface area contributed by atoms with E-state index in [0.29, 0.717) is 28.7 Å². The number of fused-ring (bicyclic) bond motifs is 1. The molecule has 28 heavy (non-hydrogen) atoms. The molecule has 7 heteroatoms. The lowest BCUT2D eigenvalue weighted by Crippen LogP contribution is -2.02. The molecular weight excluding hydrogens is 357 g/mol. The SMILES string of the molecule is CC/C=C(/Nc1cc(-c2nc3ccccc3[nH]2)[nH]n1)c1ccc(OC)cc1F. The van der Waals surface area contributed by atoms with Gasteiger partial charge in [0, 0.05) is 23.4 Å². The van der Waals surface area contributed by atoms with Crippen molar-refractivity contribution in [2.24, 2.45) is 0 Å². The second-order valence-electron chi connectivity index (χ2n) is 6.27. The quantitative estimate of drug-likeness (QED) is 0.444. The third-order valence-electron chi connectivity index (χ3n) is 4.36. The van der Waals surface area contributed by atoms with Crippen molar-refractivity contribution < 1.29 is 9.13 Å². The van der Waals surface area contributed by atoms with E-state index in [1.54, 1.807) is 12.1 Å². The second kappa shape index (κ2) is 7.56. The lowest BCUT2D eigenvalue weighted by Gasteiger charge is -2.11. The normalized spacial score (nSPS) is 11.8. The van der Waals surface area contributed by atoms with Crippen molar-refractivity contribution in [3.63, 3.8) is 0 Å². The molecule has 6 nitrogen and oxygen atoms in total. The summed E-state index contributed by atoms with van der Waals surface area (Å²) in [4.78, 5) is 7.82. The molecule has 0 saturated carbocycles. The molecule has 0 unspecified atom stereocenters. The number of aromatic amines is 2. The standard InChI is InChI=1S/C21H20FN5O/c1-3-6-16(14-10-9-13(28-2)11-15(14)22)23-20-12-19(26-27-20)21-24-17-7-4-5-8-18(17)25-21/h4-12H,3H2,1-2H3,(H,24,25)(H2,23,26,27)/b16-6+. The highest BCUT2D eigenvalue weighted by molar-refractivity contribution is 5.80. The van der Waals surface area contributed by atoms with Gasteiger partial charge in [0.05, 0.1) is 18.1 Å². The Morgan fingerprint density at radius 2 is 2.07 bits per heavy atom. The molecule has 0 aliphatic carbocycles. The third-order valence-corrected chi connectivity index (χ3v) is 4.36. The Labute approximate surface area is 161 Å². The summed E-state index contributed by atoms with van der Waals surface area (Å²) in [5, 5.41) is 10.5. The Kier molecular flexibility index (Phi) is 4.80. The number of anilines is 1. The molecular formula is C21H20FN5O. The smallest absolute Gasteiger partial charge is 0.156 e. The molecule has 0 spiro atoms. The van der Waals surface area contributed by atoms with Gasteiger partial charge in [-0.2, -0.15) is 5.10 Å².